The van der Waals surface area contributed by atoms with Crippen LogP contribution in [0.5, 0.6) is 0 Å². The number of unbranched alkanes of at least 4 members (excludes halogenated alkanes) is 16. The molecule has 0 aliphatic rings. The lowest BCUT2D eigenvalue weighted by atomic mass is 9.80. The Balaban J connectivity index is 0. The summed E-state index contributed by atoms with van der Waals surface area (Å²) >= 11 is 0. The van der Waals surface area contributed by atoms with E-state index < -0.39 is 0 Å². The molecule has 0 saturated heterocycles. The molecule has 0 fully saturated rings. The van der Waals surface area contributed by atoms with Crippen LogP contribution in [0.4, 0.5) is 0 Å². The average Bonchev–Trinajstić information content (AvgIpc) is 2.63. The van der Waals surface area contributed by atoms with Crippen molar-refractivity contribution in [2.75, 3.05) is 0 Å². The van der Waals surface area contributed by atoms with Gasteiger partial charge < -0.3 is 5.73 Å². The Kier molecular flexibility index (Phi) is 22.4. The molecule has 27 heavy (non-hydrogen) atoms. The van der Waals surface area contributed by atoms with Crippen LogP contribution in [-0.2, 0) is 0 Å². The molecule has 0 aromatic carbocycles. The van der Waals surface area contributed by atoms with Crippen molar-refractivity contribution < 1.29 is 0 Å². The van der Waals surface area contributed by atoms with Crippen LogP contribution in [-0.4, -0.2) is 6.04 Å². The van der Waals surface area contributed by atoms with Crippen molar-refractivity contribution in [2.45, 2.75) is 142 Å². The van der Waals surface area contributed by atoms with E-state index in [9.17, 15) is 0 Å². The Hall–Kier alpha value is -0.0100. The van der Waals surface area contributed by atoms with Gasteiger partial charge in [0.25, 0.3) is 0 Å². The van der Waals surface area contributed by atoms with Crippen molar-refractivity contribution in [3.63, 3.8) is 0 Å². The van der Waals surface area contributed by atoms with Crippen LogP contribution >= 0.6 is 12.4 Å². The number of halogens is 1. The summed E-state index contributed by atoms with van der Waals surface area (Å²) < 4.78 is 0. The maximum Gasteiger partial charge on any atom is 0.0273 e. The summed E-state index contributed by atoms with van der Waals surface area (Å²) in [4.78, 5) is 0. The second-order valence-electron chi connectivity index (χ2n) is 9.16. The minimum Gasteiger partial charge on any atom is -0.324 e. The van der Waals surface area contributed by atoms with Gasteiger partial charge in [0.15, 0.2) is 0 Å². The highest BCUT2D eigenvalue weighted by Crippen LogP contribution is 2.27. The molecule has 0 aliphatic carbocycles. The lowest BCUT2D eigenvalue weighted by Gasteiger charge is -2.29. The molecule has 1 atom stereocenters. The molecule has 0 amide bonds. The van der Waals surface area contributed by atoms with Crippen molar-refractivity contribution in [3.8, 4) is 0 Å². The Morgan fingerprint density at radius 2 is 0.963 bits per heavy atom. The standard InChI is InChI=1S/C25H51N.ClH/c1-5-7-8-9-10-11-12-13-14-15-16-17-18-19-20-21-22-23-25(3,4)24(26)6-2;/h6,24H,2,5,7-23,26H2,1,3-4H3;1H. The van der Waals surface area contributed by atoms with Gasteiger partial charge in [0.05, 0.1) is 0 Å². The van der Waals surface area contributed by atoms with E-state index in [-0.39, 0.29) is 23.9 Å². The lowest BCUT2D eigenvalue weighted by Crippen LogP contribution is -2.35. The fourth-order valence-electron chi connectivity index (χ4n) is 3.79. The molecular formula is C25H52ClN. The highest BCUT2D eigenvalue weighted by Gasteiger charge is 2.23. The SMILES string of the molecule is C=CC(N)C(C)(C)CCCCCCCCCCCCCCCCCCC.Cl. The maximum atomic E-state index is 6.10. The first-order valence-corrected chi connectivity index (χ1v) is 11.9. The molecule has 0 aromatic heterocycles. The van der Waals surface area contributed by atoms with Crippen molar-refractivity contribution in [2.24, 2.45) is 11.1 Å². The van der Waals surface area contributed by atoms with Crippen molar-refractivity contribution in [1.82, 2.24) is 0 Å². The molecule has 0 rings (SSSR count). The summed E-state index contributed by atoms with van der Waals surface area (Å²) in [5, 5.41) is 0. The monoisotopic (exact) mass is 401 g/mol. The van der Waals surface area contributed by atoms with Gasteiger partial charge >= 0.3 is 0 Å². The molecule has 2 N–H and O–H groups in total. The van der Waals surface area contributed by atoms with E-state index in [0.717, 1.165) is 0 Å². The van der Waals surface area contributed by atoms with Crippen molar-refractivity contribution in [3.05, 3.63) is 12.7 Å². The van der Waals surface area contributed by atoms with Gasteiger partial charge in [-0.15, -0.1) is 19.0 Å². The third-order valence-electron chi connectivity index (χ3n) is 6.08. The van der Waals surface area contributed by atoms with E-state index in [0.29, 0.717) is 0 Å². The predicted octanol–water partition coefficient (Wildman–Crippen LogP) is 8.99. The zero-order valence-electron chi connectivity index (χ0n) is 19.1. The van der Waals surface area contributed by atoms with Crippen LogP contribution < -0.4 is 5.73 Å². The maximum absolute atomic E-state index is 6.10. The molecule has 0 spiro atoms. The van der Waals surface area contributed by atoms with Gasteiger partial charge in [-0.2, -0.15) is 0 Å². The molecule has 1 unspecified atom stereocenters. The summed E-state index contributed by atoms with van der Waals surface area (Å²) in [5.74, 6) is 0. The van der Waals surface area contributed by atoms with Crippen molar-refractivity contribution >= 4 is 12.4 Å². The summed E-state index contributed by atoms with van der Waals surface area (Å²) in [7, 11) is 0. The summed E-state index contributed by atoms with van der Waals surface area (Å²) in [6.07, 6.45) is 27.5. The van der Waals surface area contributed by atoms with E-state index in [4.69, 9.17) is 5.73 Å². The highest BCUT2D eigenvalue weighted by molar-refractivity contribution is 5.85. The quantitative estimate of drug-likeness (QED) is 0.160. The molecule has 0 heterocycles. The van der Waals surface area contributed by atoms with E-state index in [1.54, 1.807) is 0 Å². The zero-order chi connectivity index (χ0) is 19.5. The molecule has 1 nitrogen and oxygen atoms in total. The van der Waals surface area contributed by atoms with Crippen LogP contribution in [0, 0.1) is 5.41 Å². The Morgan fingerprint density at radius 3 is 1.26 bits per heavy atom. The molecule has 0 aromatic rings. The smallest absolute Gasteiger partial charge is 0.0273 e. The van der Waals surface area contributed by atoms with Gasteiger partial charge in [-0.25, -0.2) is 0 Å². The fourth-order valence-corrected chi connectivity index (χ4v) is 3.79. The number of hydrogen-bond acceptors (Lipinski definition) is 1. The van der Waals surface area contributed by atoms with Gasteiger partial charge in [-0.1, -0.05) is 136 Å². The van der Waals surface area contributed by atoms with Gasteiger partial charge in [0.2, 0.25) is 0 Å². The van der Waals surface area contributed by atoms with E-state index in [1.807, 2.05) is 6.08 Å². The summed E-state index contributed by atoms with van der Waals surface area (Å²) in [5.41, 5.74) is 6.31. The molecule has 0 bridgehead atoms. The van der Waals surface area contributed by atoms with E-state index >= 15 is 0 Å². The first kappa shape index (κ1) is 29.2. The van der Waals surface area contributed by atoms with Crippen molar-refractivity contribution in [1.29, 1.82) is 0 Å². The molecule has 0 radical (unpaired) electrons. The predicted molar refractivity (Wildman–Crippen MR) is 128 cm³/mol. The normalized spacial score (nSPS) is 12.6. The summed E-state index contributed by atoms with van der Waals surface area (Å²) in [6, 6.07) is 0.128. The topological polar surface area (TPSA) is 26.0 Å². The van der Waals surface area contributed by atoms with Gasteiger partial charge in [-0.05, 0) is 11.8 Å². The number of nitrogens with two attached hydrogens (primary N) is 1. The lowest BCUT2D eigenvalue weighted by molar-refractivity contribution is 0.285. The largest absolute Gasteiger partial charge is 0.324 e. The second-order valence-corrected chi connectivity index (χ2v) is 9.16. The minimum absolute atomic E-state index is 0. The van der Waals surface area contributed by atoms with E-state index in [2.05, 4.69) is 27.4 Å². The first-order valence-electron chi connectivity index (χ1n) is 11.9. The third kappa shape index (κ3) is 19.1. The van der Waals surface area contributed by atoms with Gasteiger partial charge in [-0.3, -0.25) is 0 Å². The zero-order valence-corrected chi connectivity index (χ0v) is 19.9. The van der Waals surface area contributed by atoms with E-state index in [1.165, 1.54) is 116 Å². The molecule has 2 heteroatoms. The minimum atomic E-state index is 0. The molecule has 0 saturated carbocycles. The third-order valence-corrected chi connectivity index (χ3v) is 6.08. The summed E-state index contributed by atoms with van der Waals surface area (Å²) in [6.45, 7) is 10.7. The molecular weight excluding hydrogens is 350 g/mol. The Morgan fingerprint density at radius 1 is 0.667 bits per heavy atom. The van der Waals surface area contributed by atoms with Crippen LogP contribution in [0.1, 0.15) is 136 Å². The second kappa shape index (κ2) is 20.7. The molecule has 0 aliphatic heterocycles. The van der Waals surface area contributed by atoms with Gasteiger partial charge in [0.1, 0.15) is 0 Å². The fraction of sp³-hybridized carbons (Fsp3) is 0.920. The first-order chi connectivity index (χ1) is 12.5. The number of rotatable bonds is 20. The van der Waals surface area contributed by atoms with Crippen LogP contribution in [0.2, 0.25) is 0 Å². The van der Waals surface area contributed by atoms with Crippen LogP contribution in [0.25, 0.3) is 0 Å². The van der Waals surface area contributed by atoms with Gasteiger partial charge in [0, 0.05) is 6.04 Å². The molecule has 164 valence electrons. The highest BCUT2D eigenvalue weighted by atomic mass is 35.5. The van der Waals surface area contributed by atoms with Crippen LogP contribution in [0.15, 0.2) is 12.7 Å². The van der Waals surface area contributed by atoms with Crippen LogP contribution in [0.3, 0.4) is 0 Å². The number of hydrogen-bond donors (Lipinski definition) is 1. The average molecular weight is 402 g/mol. The Labute approximate surface area is 178 Å². The Bertz CT molecular complexity index is 301.